The molecule has 3 aliphatic rings. The first kappa shape index (κ1) is 22.0. The number of likely N-dealkylation sites (tertiary alicyclic amines) is 1. The molecule has 0 saturated carbocycles. The maximum Gasteiger partial charge on any atom is 0.261 e. The van der Waals surface area contributed by atoms with E-state index in [1.54, 1.807) is 12.1 Å². The zero-order valence-electron chi connectivity index (χ0n) is 18.8. The van der Waals surface area contributed by atoms with Gasteiger partial charge in [-0.05, 0) is 51.7 Å². The number of hydrogen-bond acceptors (Lipinski definition) is 5. The van der Waals surface area contributed by atoms with Gasteiger partial charge >= 0.3 is 0 Å². The number of imide groups is 1. The Balaban J connectivity index is 1.24. The maximum atomic E-state index is 12.7. The summed E-state index contributed by atoms with van der Waals surface area (Å²) < 4.78 is 5.82. The lowest BCUT2D eigenvalue weighted by atomic mass is 9.95. The minimum Gasteiger partial charge on any atom is -0.373 e. The van der Waals surface area contributed by atoms with E-state index in [0.717, 1.165) is 51.1 Å². The SMILES string of the molecule is Cc1ccc2c(c1)C(=O)N(CCC(=O)N1CCC(CN3CC(C)OC(C)C3)CC1)C2=O. The fourth-order valence-electron chi connectivity index (χ4n) is 5.14. The Morgan fingerprint density at radius 3 is 2.35 bits per heavy atom. The second kappa shape index (κ2) is 9.09. The summed E-state index contributed by atoms with van der Waals surface area (Å²) in [7, 11) is 0. The van der Waals surface area contributed by atoms with Crippen LogP contribution in [-0.4, -0.2) is 83.9 Å². The molecule has 1 aromatic rings. The summed E-state index contributed by atoms with van der Waals surface area (Å²) in [6.45, 7) is 10.8. The third kappa shape index (κ3) is 4.83. The lowest BCUT2D eigenvalue weighted by Gasteiger charge is -2.39. The Labute approximate surface area is 184 Å². The second-order valence-electron chi connectivity index (χ2n) is 9.36. The number of ether oxygens (including phenoxy) is 1. The molecule has 0 N–H and O–H groups in total. The molecule has 7 heteroatoms. The number of fused-ring (bicyclic) bond motifs is 1. The van der Waals surface area contributed by atoms with Crippen molar-refractivity contribution in [3.63, 3.8) is 0 Å². The lowest BCUT2D eigenvalue weighted by Crippen LogP contribution is -2.49. The van der Waals surface area contributed by atoms with Crippen molar-refractivity contribution in [2.75, 3.05) is 39.3 Å². The van der Waals surface area contributed by atoms with E-state index in [4.69, 9.17) is 4.74 Å². The van der Waals surface area contributed by atoms with E-state index in [-0.39, 0.29) is 42.9 Å². The number of hydrogen-bond donors (Lipinski definition) is 0. The van der Waals surface area contributed by atoms with E-state index < -0.39 is 0 Å². The highest BCUT2D eigenvalue weighted by atomic mass is 16.5. The molecule has 2 saturated heterocycles. The lowest BCUT2D eigenvalue weighted by molar-refractivity contribution is -0.132. The fraction of sp³-hybridized carbons (Fsp3) is 0.625. The van der Waals surface area contributed by atoms with Crippen molar-refractivity contribution in [2.45, 2.75) is 52.2 Å². The number of benzene rings is 1. The molecule has 2 unspecified atom stereocenters. The number of nitrogens with zero attached hydrogens (tertiary/aromatic N) is 3. The van der Waals surface area contributed by atoms with Gasteiger partial charge < -0.3 is 9.64 Å². The number of carbonyl (C=O) groups excluding carboxylic acids is 3. The Bertz CT molecular complexity index is 852. The first-order valence-corrected chi connectivity index (χ1v) is 11.4. The van der Waals surface area contributed by atoms with Gasteiger partial charge in [-0.1, -0.05) is 11.6 Å². The molecule has 3 aliphatic heterocycles. The van der Waals surface area contributed by atoms with Crippen LogP contribution in [0.1, 0.15) is 59.4 Å². The largest absolute Gasteiger partial charge is 0.373 e. The van der Waals surface area contributed by atoms with Crippen LogP contribution in [0.2, 0.25) is 0 Å². The number of carbonyl (C=O) groups is 3. The quantitative estimate of drug-likeness (QED) is 0.675. The van der Waals surface area contributed by atoms with Crippen LogP contribution in [-0.2, 0) is 9.53 Å². The number of rotatable bonds is 5. The number of piperidine rings is 1. The van der Waals surface area contributed by atoms with Gasteiger partial charge in [-0.2, -0.15) is 0 Å². The molecule has 31 heavy (non-hydrogen) atoms. The Morgan fingerprint density at radius 1 is 1.03 bits per heavy atom. The highest BCUT2D eigenvalue weighted by molar-refractivity contribution is 6.21. The first-order valence-electron chi connectivity index (χ1n) is 11.4. The van der Waals surface area contributed by atoms with Gasteiger partial charge in [0, 0.05) is 45.7 Å². The smallest absolute Gasteiger partial charge is 0.261 e. The molecule has 1 aromatic carbocycles. The van der Waals surface area contributed by atoms with Gasteiger partial charge in [0.2, 0.25) is 5.91 Å². The third-order valence-corrected chi connectivity index (χ3v) is 6.65. The molecule has 4 rings (SSSR count). The molecule has 0 radical (unpaired) electrons. The van der Waals surface area contributed by atoms with Gasteiger partial charge in [-0.15, -0.1) is 0 Å². The molecule has 3 amide bonds. The molecular formula is C24H33N3O4. The molecule has 2 atom stereocenters. The molecule has 7 nitrogen and oxygen atoms in total. The van der Waals surface area contributed by atoms with Gasteiger partial charge in [0.15, 0.2) is 0 Å². The van der Waals surface area contributed by atoms with Crippen molar-refractivity contribution < 1.29 is 19.1 Å². The van der Waals surface area contributed by atoms with Crippen molar-refractivity contribution in [3.8, 4) is 0 Å². The number of aryl methyl sites for hydroxylation is 1. The summed E-state index contributed by atoms with van der Waals surface area (Å²) in [6, 6.07) is 5.28. The molecule has 0 bridgehead atoms. The van der Waals surface area contributed by atoms with Crippen LogP contribution in [0.15, 0.2) is 18.2 Å². The van der Waals surface area contributed by atoms with E-state index in [0.29, 0.717) is 17.0 Å². The van der Waals surface area contributed by atoms with Gasteiger partial charge in [0.05, 0.1) is 23.3 Å². The Morgan fingerprint density at radius 2 is 1.68 bits per heavy atom. The van der Waals surface area contributed by atoms with Gasteiger partial charge in [0.1, 0.15) is 0 Å². The molecule has 2 fully saturated rings. The van der Waals surface area contributed by atoms with Crippen molar-refractivity contribution in [2.24, 2.45) is 5.92 Å². The van der Waals surface area contributed by atoms with Crippen LogP contribution in [0.5, 0.6) is 0 Å². The highest BCUT2D eigenvalue weighted by Gasteiger charge is 2.36. The number of morpholine rings is 1. The normalized spacial score (nSPS) is 25.3. The number of amides is 3. The van der Waals surface area contributed by atoms with Gasteiger partial charge in [-0.25, -0.2) is 0 Å². The maximum absolute atomic E-state index is 12.7. The van der Waals surface area contributed by atoms with E-state index >= 15 is 0 Å². The standard InChI is InChI=1S/C24H33N3O4/c1-16-4-5-20-21(12-16)24(30)27(23(20)29)11-8-22(28)26-9-6-19(7-10-26)15-25-13-17(2)31-18(3)14-25/h4-5,12,17-19H,6-11,13-15H2,1-3H3. The summed E-state index contributed by atoms with van der Waals surface area (Å²) in [5.74, 6) is 0.0467. The van der Waals surface area contributed by atoms with Crippen LogP contribution < -0.4 is 0 Å². The van der Waals surface area contributed by atoms with E-state index in [2.05, 4.69) is 18.7 Å². The van der Waals surface area contributed by atoms with Gasteiger partial charge in [0.25, 0.3) is 11.8 Å². The van der Waals surface area contributed by atoms with Crippen molar-refractivity contribution in [1.82, 2.24) is 14.7 Å². The topological polar surface area (TPSA) is 70.2 Å². The van der Waals surface area contributed by atoms with Crippen LogP contribution in [0.25, 0.3) is 0 Å². The molecular weight excluding hydrogens is 394 g/mol. The fourth-order valence-corrected chi connectivity index (χ4v) is 5.14. The molecule has 168 valence electrons. The first-order chi connectivity index (χ1) is 14.8. The predicted octanol–water partition coefficient (Wildman–Crippen LogP) is 2.33. The van der Waals surface area contributed by atoms with Crippen LogP contribution >= 0.6 is 0 Å². The average Bonchev–Trinajstić information content (AvgIpc) is 2.95. The zero-order valence-corrected chi connectivity index (χ0v) is 18.8. The Hall–Kier alpha value is -2.25. The summed E-state index contributed by atoms with van der Waals surface area (Å²) in [5, 5.41) is 0. The van der Waals surface area contributed by atoms with Crippen LogP contribution in [0.3, 0.4) is 0 Å². The summed E-state index contributed by atoms with van der Waals surface area (Å²) in [6.07, 6.45) is 2.73. The van der Waals surface area contributed by atoms with Crippen LogP contribution in [0, 0.1) is 12.8 Å². The molecule has 0 aromatic heterocycles. The van der Waals surface area contributed by atoms with E-state index in [1.807, 2.05) is 17.9 Å². The zero-order chi connectivity index (χ0) is 22.1. The van der Waals surface area contributed by atoms with Crippen molar-refractivity contribution in [3.05, 3.63) is 34.9 Å². The summed E-state index contributed by atoms with van der Waals surface area (Å²) >= 11 is 0. The van der Waals surface area contributed by atoms with Crippen molar-refractivity contribution in [1.29, 1.82) is 0 Å². The van der Waals surface area contributed by atoms with E-state index in [1.165, 1.54) is 4.90 Å². The molecule has 0 spiro atoms. The minimum atomic E-state index is -0.291. The molecule has 3 heterocycles. The van der Waals surface area contributed by atoms with Crippen molar-refractivity contribution >= 4 is 17.7 Å². The van der Waals surface area contributed by atoms with Crippen LogP contribution in [0.4, 0.5) is 0 Å². The third-order valence-electron chi connectivity index (χ3n) is 6.65. The summed E-state index contributed by atoms with van der Waals surface area (Å²) in [4.78, 5) is 43.5. The van der Waals surface area contributed by atoms with E-state index in [9.17, 15) is 14.4 Å². The molecule has 0 aliphatic carbocycles. The highest BCUT2D eigenvalue weighted by Crippen LogP contribution is 2.25. The van der Waals surface area contributed by atoms with Gasteiger partial charge in [-0.3, -0.25) is 24.2 Å². The monoisotopic (exact) mass is 427 g/mol. The second-order valence-corrected chi connectivity index (χ2v) is 9.36. The minimum absolute atomic E-state index is 0.0276. The summed E-state index contributed by atoms with van der Waals surface area (Å²) in [5.41, 5.74) is 1.84. The Kier molecular flexibility index (Phi) is 6.44. The average molecular weight is 428 g/mol. The predicted molar refractivity (Wildman–Crippen MR) is 117 cm³/mol.